The topological polar surface area (TPSA) is 75.0 Å². The van der Waals surface area contributed by atoms with E-state index < -0.39 is 0 Å². The highest BCUT2D eigenvalue weighted by Crippen LogP contribution is 2.10. The molecule has 1 unspecified atom stereocenters. The van der Waals surface area contributed by atoms with Crippen molar-refractivity contribution in [3.8, 4) is 6.07 Å². The molecule has 1 aliphatic rings. The molecule has 1 aliphatic heterocycles. The summed E-state index contributed by atoms with van der Waals surface area (Å²) in [5.41, 5.74) is 0.511. The minimum Gasteiger partial charge on any atom is -0.376 e. The molecule has 0 spiro atoms. The predicted octanol–water partition coefficient (Wildman–Crippen LogP) is 0.862. The summed E-state index contributed by atoms with van der Waals surface area (Å²) < 4.78 is 5.40. The Labute approximate surface area is 99.4 Å². The van der Waals surface area contributed by atoms with Crippen LogP contribution in [0.3, 0.4) is 0 Å². The number of carbonyl (C=O) groups excluding carboxylic acids is 1. The molecule has 0 saturated carbocycles. The van der Waals surface area contributed by atoms with Gasteiger partial charge >= 0.3 is 0 Å². The SMILES string of the molecule is N#Cc1cccc(C(=O)NCC2CCCO2)n1. The van der Waals surface area contributed by atoms with E-state index in [9.17, 15) is 4.79 Å². The van der Waals surface area contributed by atoms with Crippen LogP contribution in [0.4, 0.5) is 0 Å². The molecule has 1 atom stereocenters. The number of ether oxygens (including phenoxy) is 1. The van der Waals surface area contributed by atoms with Gasteiger partial charge in [-0.15, -0.1) is 0 Å². The van der Waals surface area contributed by atoms with Crippen LogP contribution in [0.25, 0.3) is 0 Å². The van der Waals surface area contributed by atoms with E-state index in [0.29, 0.717) is 6.54 Å². The standard InChI is InChI=1S/C12H13N3O2/c13-7-9-3-1-5-11(15-9)12(16)14-8-10-4-2-6-17-10/h1,3,5,10H,2,4,6,8H2,(H,14,16). The van der Waals surface area contributed by atoms with E-state index in [0.717, 1.165) is 19.4 Å². The second-order valence-electron chi connectivity index (χ2n) is 3.86. The summed E-state index contributed by atoms with van der Waals surface area (Å²) in [5.74, 6) is -0.266. The number of amides is 1. The van der Waals surface area contributed by atoms with Gasteiger partial charge in [0.1, 0.15) is 17.5 Å². The van der Waals surface area contributed by atoms with Gasteiger partial charge in [0.05, 0.1) is 6.10 Å². The van der Waals surface area contributed by atoms with Crippen LogP contribution >= 0.6 is 0 Å². The highest BCUT2D eigenvalue weighted by atomic mass is 16.5. The lowest BCUT2D eigenvalue weighted by Gasteiger charge is -2.10. The average molecular weight is 231 g/mol. The largest absolute Gasteiger partial charge is 0.376 e. The summed E-state index contributed by atoms with van der Waals surface area (Å²) in [7, 11) is 0. The van der Waals surface area contributed by atoms with Gasteiger partial charge in [-0.3, -0.25) is 4.79 Å². The van der Waals surface area contributed by atoms with E-state index in [2.05, 4.69) is 10.3 Å². The van der Waals surface area contributed by atoms with Crippen LogP contribution in [0.5, 0.6) is 0 Å². The minimum atomic E-state index is -0.266. The lowest BCUT2D eigenvalue weighted by atomic mass is 10.2. The first kappa shape index (κ1) is 11.6. The fourth-order valence-corrected chi connectivity index (χ4v) is 1.73. The fourth-order valence-electron chi connectivity index (χ4n) is 1.73. The van der Waals surface area contributed by atoms with Gasteiger partial charge in [0.2, 0.25) is 0 Å². The van der Waals surface area contributed by atoms with Gasteiger partial charge in [-0.25, -0.2) is 4.98 Å². The van der Waals surface area contributed by atoms with Gasteiger partial charge in [-0.1, -0.05) is 6.07 Å². The third-order valence-electron chi connectivity index (χ3n) is 2.61. The van der Waals surface area contributed by atoms with Crippen molar-refractivity contribution in [2.75, 3.05) is 13.2 Å². The molecule has 0 bridgehead atoms. The number of hydrogen-bond donors (Lipinski definition) is 1. The van der Waals surface area contributed by atoms with Gasteiger partial charge in [0.15, 0.2) is 0 Å². The molecule has 1 saturated heterocycles. The maximum absolute atomic E-state index is 11.7. The summed E-state index contributed by atoms with van der Waals surface area (Å²) in [4.78, 5) is 15.7. The van der Waals surface area contributed by atoms with Crippen LogP contribution in [0, 0.1) is 11.3 Å². The minimum absolute atomic E-state index is 0.109. The quantitative estimate of drug-likeness (QED) is 0.837. The first-order valence-corrected chi connectivity index (χ1v) is 5.56. The number of nitrogens with zero attached hydrogens (tertiary/aromatic N) is 2. The maximum atomic E-state index is 11.7. The summed E-state index contributed by atoms with van der Waals surface area (Å²) in [6.07, 6.45) is 2.13. The molecular weight excluding hydrogens is 218 g/mol. The van der Waals surface area contributed by atoms with Gasteiger partial charge in [-0.05, 0) is 25.0 Å². The Morgan fingerprint density at radius 1 is 1.65 bits per heavy atom. The van der Waals surface area contributed by atoms with Gasteiger partial charge in [0.25, 0.3) is 5.91 Å². The number of nitriles is 1. The monoisotopic (exact) mass is 231 g/mol. The summed E-state index contributed by atoms with van der Waals surface area (Å²) >= 11 is 0. The van der Waals surface area contributed by atoms with Crippen LogP contribution in [-0.2, 0) is 4.74 Å². The van der Waals surface area contributed by atoms with E-state index >= 15 is 0 Å². The molecule has 1 N–H and O–H groups in total. The summed E-state index contributed by atoms with van der Waals surface area (Å²) in [6.45, 7) is 1.26. The molecule has 2 rings (SSSR count). The fraction of sp³-hybridized carbons (Fsp3) is 0.417. The highest BCUT2D eigenvalue weighted by Gasteiger charge is 2.17. The van der Waals surface area contributed by atoms with Crippen LogP contribution in [0.1, 0.15) is 29.0 Å². The second-order valence-corrected chi connectivity index (χ2v) is 3.86. The van der Waals surface area contributed by atoms with Crippen molar-refractivity contribution >= 4 is 5.91 Å². The third kappa shape index (κ3) is 3.02. The van der Waals surface area contributed by atoms with Crippen molar-refractivity contribution in [1.29, 1.82) is 5.26 Å². The van der Waals surface area contributed by atoms with E-state index in [1.165, 1.54) is 0 Å². The first-order chi connectivity index (χ1) is 8.29. The number of nitrogens with one attached hydrogen (secondary N) is 1. The second kappa shape index (κ2) is 5.41. The molecule has 0 radical (unpaired) electrons. The smallest absolute Gasteiger partial charge is 0.270 e. The van der Waals surface area contributed by atoms with E-state index in [-0.39, 0.29) is 23.4 Å². The summed E-state index contributed by atoms with van der Waals surface area (Å²) in [5, 5.41) is 11.4. The van der Waals surface area contributed by atoms with Crippen LogP contribution in [0.2, 0.25) is 0 Å². The van der Waals surface area contributed by atoms with Crippen molar-refractivity contribution in [1.82, 2.24) is 10.3 Å². The number of hydrogen-bond acceptors (Lipinski definition) is 4. The molecule has 5 nitrogen and oxygen atoms in total. The zero-order valence-electron chi connectivity index (χ0n) is 9.35. The van der Waals surface area contributed by atoms with E-state index in [4.69, 9.17) is 10.00 Å². The van der Waals surface area contributed by atoms with Gasteiger partial charge in [-0.2, -0.15) is 5.26 Å². The Morgan fingerprint density at radius 2 is 2.53 bits per heavy atom. The molecular formula is C12H13N3O2. The number of pyridine rings is 1. The molecule has 5 heteroatoms. The van der Waals surface area contributed by atoms with Crippen LogP contribution in [0.15, 0.2) is 18.2 Å². The molecule has 1 amide bonds. The van der Waals surface area contributed by atoms with Crippen molar-refractivity contribution < 1.29 is 9.53 Å². The molecule has 1 fully saturated rings. The zero-order chi connectivity index (χ0) is 12.1. The Morgan fingerprint density at radius 3 is 3.24 bits per heavy atom. The molecule has 88 valence electrons. The number of aromatic nitrogens is 1. The zero-order valence-corrected chi connectivity index (χ0v) is 9.35. The highest BCUT2D eigenvalue weighted by molar-refractivity contribution is 5.92. The van der Waals surface area contributed by atoms with E-state index in [1.807, 2.05) is 6.07 Å². The van der Waals surface area contributed by atoms with Crippen molar-refractivity contribution in [2.45, 2.75) is 18.9 Å². The van der Waals surface area contributed by atoms with E-state index in [1.54, 1.807) is 18.2 Å². The molecule has 1 aromatic heterocycles. The normalized spacial score (nSPS) is 18.6. The van der Waals surface area contributed by atoms with Gasteiger partial charge < -0.3 is 10.1 Å². The Kier molecular flexibility index (Phi) is 3.68. The van der Waals surface area contributed by atoms with Crippen molar-refractivity contribution in [2.24, 2.45) is 0 Å². The maximum Gasteiger partial charge on any atom is 0.270 e. The Hall–Kier alpha value is -1.93. The molecule has 0 aliphatic carbocycles. The predicted molar refractivity (Wildman–Crippen MR) is 60.3 cm³/mol. The van der Waals surface area contributed by atoms with Crippen molar-refractivity contribution in [3.05, 3.63) is 29.6 Å². The molecule has 17 heavy (non-hydrogen) atoms. The van der Waals surface area contributed by atoms with Gasteiger partial charge in [0, 0.05) is 13.2 Å². The number of rotatable bonds is 3. The Balaban J connectivity index is 1.92. The average Bonchev–Trinajstić information content (AvgIpc) is 2.89. The number of carbonyl (C=O) groups is 1. The van der Waals surface area contributed by atoms with Crippen molar-refractivity contribution in [3.63, 3.8) is 0 Å². The summed E-state index contributed by atoms with van der Waals surface area (Å²) in [6, 6.07) is 6.70. The molecule has 2 heterocycles. The van der Waals surface area contributed by atoms with Crippen LogP contribution in [-0.4, -0.2) is 30.1 Å². The molecule has 0 aromatic carbocycles. The van der Waals surface area contributed by atoms with Crippen LogP contribution < -0.4 is 5.32 Å². The first-order valence-electron chi connectivity index (χ1n) is 5.56. The lowest BCUT2D eigenvalue weighted by Crippen LogP contribution is -2.32. The lowest BCUT2D eigenvalue weighted by molar-refractivity contribution is 0.0853. The third-order valence-corrected chi connectivity index (χ3v) is 2.61. The molecule has 1 aromatic rings. The Bertz CT molecular complexity index is 447.